The highest BCUT2D eigenvalue weighted by Gasteiger charge is 2.51. The van der Waals surface area contributed by atoms with Gasteiger partial charge in [-0.05, 0) is 24.8 Å². The number of fused-ring (bicyclic) bond motifs is 1. The van der Waals surface area contributed by atoms with Crippen molar-refractivity contribution in [1.82, 2.24) is 4.98 Å². The van der Waals surface area contributed by atoms with E-state index in [-0.39, 0.29) is 16.6 Å². The maximum absolute atomic E-state index is 13.4. The molecule has 1 aliphatic carbocycles. The molecule has 2 heterocycles. The highest BCUT2D eigenvalue weighted by molar-refractivity contribution is 7.10. The number of aromatic nitrogens is 1. The Bertz CT molecular complexity index is 834. The smallest absolute Gasteiger partial charge is 0.167 e. The number of benzene rings is 1. The molecule has 1 aromatic heterocycles. The van der Waals surface area contributed by atoms with Crippen molar-refractivity contribution in [3.05, 3.63) is 57.6 Å². The summed E-state index contributed by atoms with van der Waals surface area (Å²) in [5, 5.41) is 3.46. The second-order valence-corrected chi connectivity index (χ2v) is 8.20. The largest absolute Gasteiger partial charge is 0.342 e. The van der Waals surface area contributed by atoms with E-state index in [1.54, 1.807) is 11.3 Å². The minimum absolute atomic E-state index is 0.279. The van der Waals surface area contributed by atoms with Crippen molar-refractivity contribution < 1.29 is 4.79 Å². The van der Waals surface area contributed by atoms with Gasteiger partial charge >= 0.3 is 0 Å². The fourth-order valence-corrected chi connectivity index (χ4v) is 5.21. The first-order valence-electron chi connectivity index (χ1n) is 8.55. The number of allylic oxidation sites excluding steroid dienone is 2. The fourth-order valence-electron chi connectivity index (χ4n) is 4.16. The Kier molecular flexibility index (Phi) is 3.43. The fraction of sp³-hybridized carbons (Fsp3) is 0.400. The molecule has 0 spiro atoms. The van der Waals surface area contributed by atoms with E-state index in [1.807, 2.05) is 11.6 Å². The average Bonchev–Trinajstić information content (AvgIpc) is 3.06. The van der Waals surface area contributed by atoms with Gasteiger partial charge in [-0.2, -0.15) is 0 Å². The van der Waals surface area contributed by atoms with Crippen LogP contribution in [0.25, 0.3) is 0 Å². The van der Waals surface area contributed by atoms with E-state index in [4.69, 9.17) is 0 Å². The van der Waals surface area contributed by atoms with Crippen molar-refractivity contribution >= 4 is 22.9 Å². The highest BCUT2D eigenvalue weighted by atomic mass is 32.1. The van der Waals surface area contributed by atoms with Crippen LogP contribution in [0.4, 0.5) is 5.82 Å². The van der Waals surface area contributed by atoms with Gasteiger partial charge in [0.1, 0.15) is 5.82 Å². The molecule has 0 saturated heterocycles. The molecule has 0 saturated carbocycles. The molecule has 124 valence electrons. The highest BCUT2D eigenvalue weighted by Crippen LogP contribution is 2.55. The van der Waals surface area contributed by atoms with Gasteiger partial charge in [0.25, 0.3) is 0 Å². The molecule has 0 bridgehead atoms. The van der Waals surface area contributed by atoms with E-state index in [1.165, 1.54) is 10.4 Å². The molecule has 0 radical (unpaired) electrons. The van der Waals surface area contributed by atoms with Crippen LogP contribution in [0.2, 0.25) is 0 Å². The van der Waals surface area contributed by atoms with Gasteiger partial charge in [-0.3, -0.25) is 4.79 Å². The van der Waals surface area contributed by atoms with Crippen LogP contribution in [-0.4, -0.2) is 10.8 Å². The quantitative estimate of drug-likeness (QED) is 0.846. The Morgan fingerprint density at radius 2 is 2.00 bits per heavy atom. The van der Waals surface area contributed by atoms with E-state index >= 15 is 0 Å². The van der Waals surface area contributed by atoms with Crippen LogP contribution in [0.1, 0.15) is 50.5 Å². The van der Waals surface area contributed by atoms with E-state index in [0.29, 0.717) is 0 Å². The number of hydrogen-bond donors (Lipinski definition) is 1. The number of hydrogen-bond acceptors (Lipinski definition) is 4. The zero-order chi connectivity index (χ0) is 16.9. The standard InChI is InChI=1S/C20H22N2OS/c1-4-20(13-8-6-5-7-9-13)15-14(10-11-19(2,3)16(15)23)22-18-17(20)24-12-21-18/h5-9,12,22H,4,10-11H2,1-3H3. The lowest BCUT2D eigenvalue weighted by atomic mass is 9.61. The molecule has 1 unspecified atom stereocenters. The number of carbonyl (C=O) groups excluding carboxylic acids is 1. The van der Waals surface area contributed by atoms with Gasteiger partial charge in [-0.25, -0.2) is 4.98 Å². The van der Waals surface area contributed by atoms with Gasteiger partial charge in [0.05, 0.1) is 15.8 Å². The summed E-state index contributed by atoms with van der Waals surface area (Å²) < 4.78 is 0. The van der Waals surface area contributed by atoms with Crippen molar-refractivity contribution in [3.63, 3.8) is 0 Å². The number of carbonyl (C=O) groups is 1. The predicted octanol–water partition coefficient (Wildman–Crippen LogP) is 4.91. The average molecular weight is 338 g/mol. The number of ketones is 1. The molecule has 1 N–H and O–H groups in total. The first-order chi connectivity index (χ1) is 11.5. The van der Waals surface area contributed by atoms with E-state index in [2.05, 4.69) is 55.3 Å². The first kappa shape index (κ1) is 15.6. The van der Waals surface area contributed by atoms with Crippen LogP contribution >= 0.6 is 11.3 Å². The molecule has 3 nitrogen and oxygen atoms in total. The van der Waals surface area contributed by atoms with Crippen molar-refractivity contribution in [2.75, 3.05) is 5.32 Å². The maximum Gasteiger partial charge on any atom is 0.167 e. The normalized spacial score (nSPS) is 25.0. The topological polar surface area (TPSA) is 42.0 Å². The molecule has 4 rings (SSSR count). The van der Waals surface area contributed by atoms with Crippen LogP contribution in [0.3, 0.4) is 0 Å². The van der Waals surface area contributed by atoms with Gasteiger partial charge in [-0.1, -0.05) is 51.1 Å². The molecular formula is C20H22N2OS. The first-order valence-corrected chi connectivity index (χ1v) is 9.43. The Morgan fingerprint density at radius 3 is 2.71 bits per heavy atom. The molecule has 2 aliphatic rings. The Balaban J connectivity index is 2.05. The number of nitrogens with zero attached hydrogens (tertiary/aromatic N) is 1. The van der Waals surface area contributed by atoms with Gasteiger partial charge < -0.3 is 5.32 Å². The van der Waals surface area contributed by atoms with Gasteiger partial charge in [0.2, 0.25) is 0 Å². The lowest BCUT2D eigenvalue weighted by molar-refractivity contribution is -0.124. The van der Waals surface area contributed by atoms with E-state index in [9.17, 15) is 4.79 Å². The summed E-state index contributed by atoms with van der Waals surface area (Å²) >= 11 is 1.65. The van der Waals surface area contributed by atoms with Crippen LogP contribution in [0.15, 0.2) is 47.1 Å². The van der Waals surface area contributed by atoms with E-state index in [0.717, 1.165) is 36.4 Å². The second kappa shape index (κ2) is 5.28. The van der Waals surface area contributed by atoms with E-state index < -0.39 is 0 Å². The number of Topliss-reactive ketones (excluding diaryl/α,β-unsaturated/α-hetero) is 1. The summed E-state index contributed by atoms with van der Waals surface area (Å²) in [7, 11) is 0. The molecule has 2 aromatic rings. The second-order valence-electron chi connectivity index (χ2n) is 7.35. The summed E-state index contributed by atoms with van der Waals surface area (Å²) in [5.41, 5.74) is 4.43. The van der Waals surface area contributed by atoms with Gasteiger partial charge in [0.15, 0.2) is 5.78 Å². The minimum atomic E-state index is -0.382. The molecule has 4 heteroatoms. The third kappa shape index (κ3) is 1.95. The third-order valence-corrected chi connectivity index (χ3v) is 6.58. The molecule has 24 heavy (non-hydrogen) atoms. The Morgan fingerprint density at radius 1 is 1.25 bits per heavy atom. The summed E-state index contributed by atoms with van der Waals surface area (Å²) in [6, 6.07) is 10.5. The predicted molar refractivity (Wildman–Crippen MR) is 98.3 cm³/mol. The lowest BCUT2D eigenvalue weighted by Gasteiger charge is -2.45. The van der Waals surface area contributed by atoms with Crippen LogP contribution in [0.5, 0.6) is 0 Å². The molecule has 0 amide bonds. The summed E-state index contributed by atoms with van der Waals surface area (Å²) in [6.45, 7) is 6.33. The summed E-state index contributed by atoms with van der Waals surface area (Å²) in [4.78, 5) is 19.2. The molecule has 1 aliphatic heterocycles. The molecular weight excluding hydrogens is 316 g/mol. The molecule has 1 atom stereocenters. The molecule has 0 fully saturated rings. The lowest BCUT2D eigenvalue weighted by Crippen LogP contribution is -2.45. The van der Waals surface area contributed by atoms with Gasteiger partial charge in [-0.15, -0.1) is 11.3 Å². The monoisotopic (exact) mass is 338 g/mol. The third-order valence-electron chi connectivity index (χ3n) is 5.59. The minimum Gasteiger partial charge on any atom is -0.342 e. The van der Waals surface area contributed by atoms with Crippen molar-refractivity contribution in [2.45, 2.75) is 45.4 Å². The zero-order valence-electron chi connectivity index (χ0n) is 14.3. The van der Waals surface area contributed by atoms with Crippen LogP contribution in [0, 0.1) is 5.41 Å². The Hall–Kier alpha value is -1.94. The molecule has 1 aromatic carbocycles. The van der Waals surface area contributed by atoms with Crippen molar-refractivity contribution in [1.29, 1.82) is 0 Å². The number of nitrogens with one attached hydrogen (secondary N) is 1. The van der Waals surface area contributed by atoms with Gasteiger partial charge in [0, 0.05) is 16.7 Å². The van der Waals surface area contributed by atoms with Crippen LogP contribution in [-0.2, 0) is 10.2 Å². The number of thiazole rings is 1. The Labute approximate surface area is 146 Å². The summed E-state index contributed by atoms with van der Waals surface area (Å²) in [5.74, 6) is 1.21. The SMILES string of the molecule is CCC1(c2ccccc2)C2=C(CCC(C)(C)C2=O)Nc2ncsc21. The van der Waals surface area contributed by atoms with Crippen molar-refractivity contribution in [2.24, 2.45) is 5.41 Å². The zero-order valence-corrected chi connectivity index (χ0v) is 15.2. The van der Waals surface area contributed by atoms with Crippen molar-refractivity contribution in [3.8, 4) is 0 Å². The maximum atomic E-state index is 13.4. The van der Waals surface area contributed by atoms with Crippen LogP contribution < -0.4 is 5.32 Å². The number of rotatable bonds is 2. The summed E-state index contributed by atoms with van der Waals surface area (Å²) in [6.07, 6.45) is 2.64. The number of anilines is 1.